The van der Waals surface area contributed by atoms with Crippen molar-refractivity contribution in [1.82, 2.24) is 9.97 Å². The maximum absolute atomic E-state index is 8.36. The zero-order valence-corrected chi connectivity index (χ0v) is 17.8. The van der Waals surface area contributed by atoms with Gasteiger partial charge >= 0.3 is 0 Å². The molecule has 3 aromatic rings. The fraction of sp³-hybridized carbons (Fsp3) is 0.333. The molecule has 0 spiro atoms. The number of rotatable bonds is 5. The standard InChI is InChI=1S/C20H23N5OS.CH2O2/c1-3-26-16-8-14(22)12(9-21)7-15(16)25-19-18-13-5-4-11(2)6-17(13)27-20(18)24-10-23-19;2-1-3/h7-11,21H,3-6,22H2,1-2H3,(H,23,24,25);1H,(H,2,3). The van der Waals surface area contributed by atoms with Crippen LogP contribution in [0.15, 0.2) is 18.5 Å². The molecule has 1 aliphatic carbocycles. The summed E-state index contributed by atoms with van der Waals surface area (Å²) in [6, 6.07) is 3.59. The summed E-state index contributed by atoms with van der Waals surface area (Å²) in [7, 11) is 0. The van der Waals surface area contributed by atoms with E-state index in [-0.39, 0.29) is 6.47 Å². The normalized spacial score (nSPS) is 14.9. The van der Waals surface area contributed by atoms with Gasteiger partial charge < -0.3 is 26.3 Å². The van der Waals surface area contributed by atoms with Crippen molar-refractivity contribution in [2.24, 2.45) is 5.92 Å². The van der Waals surface area contributed by atoms with E-state index in [2.05, 4.69) is 22.2 Å². The largest absolute Gasteiger partial charge is 0.492 e. The number of hydrogen-bond donors (Lipinski definition) is 4. The lowest BCUT2D eigenvalue weighted by atomic mass is 9.89. The molecule has 0 radical (unpaired) electrons. The Morgan fingerprint density at radius 2 is 2.20 bits per heavy atom. The van der Waals surface area contributed by atoms with Crippen LogP contribution in [0.5, 0.6) is 5.75 Å². The van der Waals surface area contributed by atoms with Crippen LogP contribution in [0.25, 0.3) is 10.2 Å². The van der Waals surface area contributed by atoms with Crippen molar-refractivity contribution in [2.45, 2.75) is 33.1 Å². The summed E-state index contributed by atoms with van der Waals surface area (Å²) in [4.78, 5) is 19.8. The van der Waals surface area contributed by atoms with E-state index in [4.69, 9.17) is 25.8 Å². The van der Waals surface area contributed by atoms with Crippen LogP contribution in [0.3, 0.4) is 0 Å². The molecule has 0 saturated carbocycles. The summed E-state index contributed by atoms with van der Waals surface area (Å²) < 4.78 is 5.75. The summed E-state index contributed by atoms with van der Waals surface area (Å²) >= 11 is 1.77. The molecule has 30 heavy (non-hydrogen) atoms. The van der Waals surface area contributed by atoms with E-state index < -0.39 is 0 Å². The fourth-order valence-corrected chi connectivity index (χ4v) is 4.96. The number of nitrogen functional groups attached to an aromatic ring is 1. The third-order valence-corrected chi connectivity index (χ3v) is 6.15. The van der Waals surface area contributed by atoms with Gasteiger partial charge in [0.05, 0.1) is 17.7 Å². The second-order valence-electron chi connectivity index (χ2n) is 7.04. The number of anilines is 3. The smallest absolute Gasteiger partial charge is 0.290 e. The number of aryl methyl sites for hydroxylation is 1. The van der Waals surface area contributed by atoms with E-state index in [0.29, 0.717) is 29.5 Å². The zero-order chi connectivity index (χ0) is 21.7. The number of nitrogens with zero attached hydrogens (tertiary/aromatic N) is 2. The molecule has 5 N–H and O–H groups in total. The second-order valence-corrected chi connectivity index (χ2v) is 8.12. The van der Waals surface area contributed by atoms with Crippen molar-refractivity contribution < 1.29 is 14.6 Å². The minimum atomic E-state index is -0.250. The lowest BCUT2D eigenvalue weighted by Crippen LogP contribution is -2.09. The van der Waals surface area contributed by atoms with Gasteiger partial charge in [-0.25, -0.2) is 9.97 Å². The maximum Gasteiger partial charge on any atom is 0.290 e. The number of aromatic nitrogens is 2. The number of fused-ring (bicyclic) bond motifs is 3. The molecule has 0 fully saturated rings. The van der Waals surface area contributed by atoms with E-state index in [9.17, 15) is 0 Å². The Kier molecular flexibility index (Phi) is 6.83. The lowest BCUT2D eigenvalue weighted by Gasteiger charge is -2.19. The van der Waals surface area contributed by atoms with Crippen LogP contribution < -0.4 is 15.8 Å². The highest BCUT2D eigenvalue weighted by Crippen LogP contribution is 2.41. The molecule has 2 heterocycles. The van der Waals surface area contributed by atoms with E-state index in [1.807, 2.05) is 13.0 Å². The highest BCUT2D eigenvalue weighted by atomic mass is 32.1. The van der Waals surface area contributed by atoms with Crippen LogP contribution in [-0.2, 0) is 17.6 Å². The molecule has 0 aliphatic heterocycles. The predicted octanol–water partition coefficient (Wildman–Crippen LogP) is 4.24. The molecule has 2 aromatic heterocycles. The van der Waals surface area contributed by atoms with E-state index in [1.54, 1.807) is 23.7 Å². The molecule has 4 rings (SSSR count). The van der Waals surface area contributed by atoms with Gasteiger partial charge in [-0.1, -0.05) is 6.92 Å². The Morgan fingerprint density at radius 3 is 2.90 bits per heavy atom. The van der Waals surface area contributed by atoms with Gasteiger partial charge in [0, 0.05) is 28.4 Å². The molecule has 8 nitrogen and oxygen atoms in total. The summed E-state index contributed by atoms with van der Waals surface area (Å²) in [5.41, 5.74) is 9.32. The van der Waals surface area contributed by atoms with Gasteiger partial charge in [-0.3, -0.25) is 4.79 Å². The van der Waals surface area contributed by atoms with Crippen LogP contribution in [-0.4, -0.2) is 34.4 Å². The van der Waals surface area contributed by atoms with Crippen LogP contribution in [0.4, 0.5) is 17.2 Å². The van der Waals surface area contributed by atoms with Gasteiger partial charge in [-0.2, -0.15) is 0 Å². The van der Waals surface area contributed by atoms with Crippen LogP contribution in [0.2, 0.25) is 0 Å². The summed E-state index contributed by atoms with van der Waals surface area (Å²) in [5.74, 6) is 2.16. The van der Waals surface area contributed by atoms with E-state index in [0.717, 1.165) is 34.6 Å². The number of benzene rings is 1. The molecule has 1 atom stereocenters. The quantitative estimate of drug-likeness (QED) is 0.272. The SMILES string of the molecule is CCOc1cc(N)c(C=N)cc1Nc1ncnc2sc3c(c12)CCC(C)C3.O=CO. The van der Waals surface area contributed by atoms with Crippen LogP contribution in [0.1, 0.15) is 36.3 Å². The highest BCUT2D eigenvalue weighted by molar-refractivity contribution is 7.19. The first-order chi connectivity index (χ1) is 14.5. The van der Waals surface area contributed by atoms with Crippen LogP contribution in [0, 0.1) is 11.3 Å². The minimum absolute atomic E-state index is 0.250. The summed E-state index contributed by atoms with van der Waals surface area (Å²) in [6.07, 6.45) is 6.21. The number of nitrogens with two attached hydrogens (primary N) is 1. The molecule has 9 heteroatoms. The monoisotopic (exact) mass is 427 g/mol. The first-order valence-electron chi connectivity index (χ1n) is 9.69. The van der Waals surface area contributed by atoms with Crippen molar-refractivity contribution >= 4 is 51.4 Å². The van der Waals surface area contributed by atoms with Gasteiger partial charge in [0.15, 0.2) is 0 Å². The zero-order valence-electron chi connectivity index (χ0n) is 16.9. The molecule has 0 bridgehead atoms. The predicted molar refractivity (Wildman–Crippen MR) is 120 cm³/mol. The molecule has 0 amide bonds. The number of thiophene rings is 1. The average Bonchev–Trinajstić information content (AvgIpc) is 3.09. The Labute approximate surface area is 178 Å². The van der Waals surface area contributed by atoms with Crippen LogP contribution >= 0.6 is 11.3 Å². The Balaban J connectivity index is 0.000000806. The Hall–Kier alpha value is -3.20. The van der Waals surface area contributed by atoms with E-state index >= 15 is 0 Å². The van der Waals surface area contributed by atoms with Crippen molar-refractivity contribution in [1.29, 1.82) is 5.41 Å². The molecule has 158 valence electrons. The van der Waals surface area contributed by atoms with Crippen molar-refractivity contribution in [3.8, 4) is 5.75 Å². The number of carbonyl (C=O) groups is 1. The summed E-state index contributed by atoms with van der Waals surface area (Å²) in [5, 5.41) is 19.0. The molecule has 1 aliphatic rings. The molecular formula is C21H25N5O3S. The minimum Gasteiger partial charge on any atom is -0.492 e. The number of carboxylic acid groups (broad SMARTS) is 1. The maximum atomic E-state index is 8.36. The first kappa shape index (κ1) is 21.5. The number of hydrogen-bond acceptors (Lipinski definition) is 8. The molecule has 0 saturated heterocycles. The lowest BCUT2D eigenvalue weighted by molar-refractivity contribution is -0.122. The summed E-state index contributed by atoms with van der Waals surface area (Å²) in [6.45, 7) is 4.52. The van der Waals surface area contributed by atoms with Gasteiger partial charge in [0.1, 0.15) is 22.7 Å². The van der Waals surface area contributed by atoms with Crippen molar-refractivity contribution in [3.63, 3.8) is 0 Å². The second kappa shape index (κ2) is 9.53. The van der Waals surface area contributed by atoms with Gasteiger partial charge in [-0.05, 0) is 43.7 Å². The third kappa shape index (κ3) is 4.35. The van der Waals surface area contributed by atoms with Gasteiger partial charge in [0.2, 0.25) is 0 Å². The average molecular weight is 428 g/mol. The topological polar surface area (TPSA) is 134 Å². The number of nitrogens with one attached hydrogen (secondary N) is 2. The van der Waals surface area contributed by atoms with Crippen molar-refractivity contribution in [3.05, 3.63) is 34.5 Å². The number of ether oxygens (including phenoxy) is 1. The van der Waals surface area contributed by atoms with Crippen molar-refractivity contribution in [2.75, 3.05) is 17.7 Å². The van der Waals surface area contributed by atoms with Gasteiger partial charge in [0.25, 0.3) is 6.47 Å². The third-order valence-electron chi connectivity index (χ3n) is 4.99. The Bertz CT molecular complexity index is 1070. The Morgan fingerprint density at radius 1 is 1.43 bits per heavy atom. The van der Waals surface area contributed by atoms with Gasteiger partial charge in [-0.15, -0.1) is 11.3 Å². The molecule has 1 aromatic carbocycles. The first-order valence-corrected chi connectivity index (χ1v) is 10.5. The molecular weight excluding hydrogens is 402 g/mol. The molecule has 1 unspecified atom stereocenters. The fourth-order valence-electron chi connectivity index (χ4n) is 3.61. The van der Waals surface area contributed by atoms with E-state index in [1.165, 1.54) is 23.1 Å². The highest BCUT2D eigenvalue weighted by Gasteiger charge is 2.23.